The Morgan fingerprint density at radius 2 is 1.28 bits per heavy atom. The summed E-state index contributed by atoms with van der Waals surface area (Å²) in [5, 5.41) is 4.11. The molecule has 64 heavy (non-hydrogen) atoms. The number of aryl methyl sites for hydroxylation is 3. The van der Waals surface area contributed by atoms with Crippen LogP contribution in [-0.2, 0) is 26.5 Å². The number of hydrogen-bond acceptors (Lipinski definition) is 5. The summed E-state index contributed by atoms with van der Waals surface area (Å²) in [6, 6.07) is 60.2. The Hall–Kier alpha value is -6.88. The molecule has 1 aliphatic heterocycles. The third-order valence-corrected chi connectivity index (χ3v) is 12.1. The molecule has 11 rings (SSSR count). The molecule has 3 aromatic heterocycles. The summed E-state index contributed by atoms with van der Waals surface area (Å²) in [7, 11) is 0. The first kappa shape index (κ1) is 41.1. The summed E-state index contributed by atoms with van der Waals surface area (Å²) in [4.78, 5) is 9.53. The van der Waals surface area contributed by atoms with Crippen LogP contribution in [0.2, 0.25) is 0 Å². The molecule has 318 valence electrons. The third-order valence-electron chi connectivity index (χ3n) is 12.1. The Labute approximate surface area is 388 Å². The Morgan fingerprint density at radius 1 is 0.641 bits per heavy atom. The number of pyridine rings is 1. The van der Waals surface area contributed by atoms with Crippen molar-refractivity contribution in [2.75, 3.05) is 9.80 Å². The molecule has 0 saturated carbocycles. The zero-order valence-corrected chi connectivity index (χ0v) is 38.8. The molecular weight excluding hydrogens is 968 g/mol. The molecule has 7 aromatic carbocycles. The van der Waals surface area contributed by atoms with Gasteiger partial charge in [-0.05, 0) is 83.7 Å². The maximum absolute atomic E-state index is 7.00. The summed E-state index contributed by atoms with van der Waals surface area (Å²) < 4.78 is 15.9. The van der Waals surface area contributed by atoms with Crippen molar-refractivity contribution in [2.24, 2.45) is 0 Å². The average molecular weight is 1010 g/mol. The van der Waals surface area contributed by atoms with Gasteiger partial charge in [0, 0.05) is 61.0 Å². The average Bonchev–Trinajstić information content (AvgIpc) is 3.97. The quantitative estimate of drug-likeness (QED) is 0.149. The summed E-state index contributed by atoms with van der Waals surface area (Å²) >= 11 is 0. The fourth-order valence-electron chi connectivity index (χ4n) is 9.40. The first-order valence-electron chi connectivity index (χ1n) is 21.5. The molecule has 1 aliphatic rings. The summed E-state index contributed by atoms with van der Waals surface area (Å²) in [6.07, 6.45) is 1.90. The van der Waals surface area contributed by atoms with Crippen molar-refractivity contribution < 1.29 is 30.2 Å². The number of benzene rings is 7. The van der Waals surface area contributed by atoms with Crippen LogP contribution in [-0.4, -0.2) is 9.55 Å². The van der Waals surface area contributed by atoms with Crippen LogP contribution < -0.4 is 14.5 Å². The number of nitrogens with zero attached hydrogens (tertiary/aromatic N) is 4. The zero-order valence-electron chi connectivity index (χ0n) is 36.5. The normalized spacial score (nSPS) is 13.2. The van der Waals surface area contributed by atoms with E-state index in [0.717, 1.165) is 77.9 Å². The fourth-order valence-corrected chi connectivity index (χ4v) is 9.40. The number of rotatable bonds is 7. The number of fused-ring (bicyclic) bond motifs is 7. The van der Waals surface area contributed by atoms with E-state index in [1.54, 1.807) is 0 Å². The van der Waals surface area contributed by atoms with Gasteiger partial charge < -0.3 is 23.5 Å². The second kappa shape index (κ2) is 16.0. The van der Waals surface area contributed by atoms with Crippen molar-refractivity contribution >= 4 is 66.5 Å². The van der Waals surface area contributed by atoms with E-state index in [1.807, 2.05) is 30.5 Å². The molecule has 0 unspecified atom stereocenters. The molecule has 0 radical (unpaired) electrons. The molecule has 0 saturated heterocycles. The van der Waals surface area contributed by atoms with Crippen LogP contribution in [0.1, 0.15) is 54.2 Å². The predicted molar refractivity (Wildman–Crippen MR) is 258 cm³/mol. The van der Waals surface area contributed by atoms with Gasteiger partial charge in [0.15, 0.2) is 0 Å². The van der Waals surface area contributed by atoms with E-state index in [4.69, 9.17) is 14.1 Å². The van der Waals surface area contributed by atoms with E-state index in [0.29, 0.717) is 17.1 Å². The molecule has 0 spiro atoms. The molecule has 4 heterocycles. The van der Waals surface area contributed by atoms with Crippen molar-refractivity contribution in [1.29, 1.82) is 0 Å². The van der Waals surface area contributed by atoms with Crippen molar-refractivity contribution in [3.63, 3.8) is 0 Å². The molecule has 0 fully saturated rings. The summed E-state index contributed by atoms with van der Waals surface area (Å²) in [6.45, 7) is 15.4. The van der Waals surface area contributed by atoms with E-state index in [9.17, 15) is 0 Å². The van der Waals surface area contributed by atoms with E-state index in [1.165, 1.54) is 22.3 Å². The van der Waals surface area contributed by atoms with Gasteiger partial charge in [-0.15, -0.1) is 36.6 Å². The van der Waals surface area contributed by atoms with Crippen LogP contribution in [0.5, 0.6) is 11.5 Å². The zero-order chi connectivity index (χ0) is 43.0. The second-order valence-electron chi connectivity index (χ2n) is 17.5. The standard InChI is InChI=1S/C57H45N4O2.Pt/c1-36-30-37(2)53(38(3)31-36)60-35-59(54(39-18-9-7-10-19-39)55(60)40-20-11-8-12-21-40)42-22-17-23-43(33-42)62-49-34-47-51(52-45-25-14-16-27-48(45)63-56(49)52)44-24-13-15-26-46(44)61(47)50-32-41(28-29-58-50)57(4,5)6;/h7-32,35H,1-6H3;/q-3;. The summed E-state index contributed by atoms with van der Waals surface area (Å²) in [5.41, 5.74) is 14.3. The van der Waals surface area contributed by atoms with Gasteiger partial charge >= 0.3 is 0 Å². The van der Waals surface area contributed by atoms with Gasteiger partial charge in [-0.2, -0.15) is 6.07 Å². The molecule has 0 amide bonds. The van der Waals surface area contributed by atoms with Crippen molar-refractivity contribution in [1.82, 2.24) is 9.55 Å². The number of anilines is 2. The molecule has 0 N–H and O–H groups in total. The van der Waals surface area contributed by atoms with Gasteiger partial charge in [-0.25, -0.2) is 4.98 Å². The summed E-state index contributed by atoms with van der Waals surface area (Å²) in [5.74, 6) is 1.82. The fraction of sp³-hybridized carbons (Fsp3) is 0.123. The van der Waals surface area contributed by atoms with Crippen molar-refractivity contribution in [3.05, 3.63) is 210 Å². The van der Waals surface area contributed by atoms with Crippen molar-refractivity contribution in [3.8, 4) is 17.3 Å². The Balaban J connectivity index is 0.00000484. The number of ether oxygens (including phenoxy) is 1. The first-order chi connectivity index (χ1) is 30.6. The number of aromatic nitrogens is 2. The Morgan fingerprint density at radius 3 is 1.98 bits per heavy atom. The van der Waals surface area contributed by atoms with Gasteiger partial charge in [-0.3, -0.25) is 0 Å². The third kappa shape index (κ3) is 6.89. The van der Waals surface area contributed by atoms with E-state index >= 15 is 0 Å². The van der Waals surface area contributed by atoms with Gasteiger partial charge in [0.2, 0.25) is 0 Å². The maximum atomic E-state index is 7.00. The van der Waals surface area contributed by atoms with Crippen LogP contribution in [0.3, 0.4) is 0 Å². The minimum absolute atomic E-state index is 0. The first-order valence-corrected chi connectivity index (χ1v) is 21.5. The minimum atomic E-state index is -0.0671. The van der Waals surface area contributed by atoms with Gasteiger partial charge in [-0.1, -0.05) is 152 Å². The molecule has 10 aromatic rings. The molecule has 0 aliphatic carbocycles. The van der Waals surface area contributed by atoms with Crippen LogP contribution in [0.25, 0.3) is 61.0 Å². The Kier molecular flexibility index (Phi) is 10.3. The Bertz CT molecular complexity index is 3410. The number of hydrogen-bond donors (Lipinski definition) is 0. The van der Waals surface area contributed by atoms with Crippen LogP contribution in [0, 0.1) is 39.6 Å². The molecule has 7 heteroatoms. The van der Waals surface area contributed by atoms with Crippen LogP contribution in [0.4, 0.5) is 11.4 Å². The van der Waals surface area contributed by atoms with E-state index < -0.39 is 0 Å². The SMILES string of the molecule is Cc1cc(C)c(N2[CH-]N(c3[c-]c(Oc4[c-]c5c(c6ccccc6n5-c5cc(C(C)(C)C)ccn5)c5c4oc4ccccc45)ccc3)C(c3ccccc3)=C2c2ccccc2)c(C)c1.[Pt]. The predicted octanol–water partition coefficient (Wildman–Crippen LogP) is 14.7. The van der Waals surface area contributed by atoms with E-state index in [2.05, 4.69) is 202 Å². The second-order valence-corrected chi connectivity index (χ2v) is 17.5. The van der Waals surface area contributed by atoms with Crippen molar-refractivity contribution in [2.45, 2.75) is 47.0 Å². The maximum Gasteiger partial charge on any atom is 0.135 e. The smallest absolute Gasteiger partial charge is 0.135 e. The molecular formula is C57H45N4O2Pt-3. The molecule has 0 atom stereocenters. The van der Waals surface area contributed by atoms with Gasteiger partial charge in [0.05, 0.1) is 11.3 Å². The minimum Gasteiger partial charge on any atom is -0.512 e. The van der Waals surface area contributed by atoms with Crippen LogP contribution >= 0.6 is 0 Å². The van der Waals surface area contributed by atoms with Gasteiger partial charge in [0.1, 0.15) is 11.4 Å². The number of furan rings is 1. The molecule has 0 bridgehead atoms. The monoisotopic (exact) mass is 1010 g/mol. The van der Waals surface area contributed by atoms with Crippen LogP contribution in [0.15, 0.2) is 162 Å². The number of para-hydroxylation sites is 2. The topological polar surface area (TPSA) is 46.7 Å². The van der Waals surface area contributed by atoms with E-state index in [-0.39, 0.29) is 26.5 Å². The van der Waals surface area contributed by atoms with Gasteiger partial charge in [0.25, 0.3) is 0 Å². The molecule has 6 nitrogen and oxygen atoms in total. The largest absolute Gasteiger partial charge is 0.512 e.